The van der Waals surface area contributed by atoms with E-state index in [1.54, 1.807) is 31.5 Å². The summed E-state index contributed by atoms with van der Waals surface area (Å²) in [5.41, 5.74) is 4.64. The number of hydrogen-bond donors (Lipinski definition) is 1. The van der Waals surface area contributed by atoms with Crippen LogP contribution in [0.1, 0.15) is 28.4 Å². The third kappa shape index (κ3) is 5.09. The quantitative estimate of drug-likeness (QED) is 0.385. The molecule has 0 aliphatic carbocycles. The highest BCUT2D eigenvalue weighted by Crippen LogP contribution is 2.33. The van der Waals surface area contributed by atoms with Crippen molar-refractivity contribution >= 4 is 46.3 Å². The van der Waals surface area contributed by atoms with Crippen LogP contribution in [0.2, 0.25) is 5.02 Å². The standard InChI is InChI=1S/C18H18ClIN2O3/c1-4-25-16-8-12(7-15(20)17(16)24-3)10-21-22-18(23)13-6-5-11(2)14(19)9-13/h5-10H,4H2,1-3H3,(H,22,23)/b21-10-. The van der Waals surface area contributed by atoms with Crippen molar-refractivity contribution in [3.05, 3.63) is 55.6 Å². The molecule has 0 fully saturated rings. The lowest BCUT2D eigenvalue weighted by Gasteiger charge is -2.11. The number of rotatable bonds is 6. The molecule has 7 heteroatoms. The minimum atomic E-state index is -0.327. The number of ether oxygens (including phenoxy) is 2. The van der Waals surface area contributed by atoms with Gasteiger partial charge in [0.05, 0.1) is 23.5 Å². The third-order valence-electron chi connectivity index (χ3n) is 3.35. The van der Waals surface area contributed by atoms with E-state index in [2.05, 4.69) is 33.1 Å². The lowest BCUT2D eigenvalue weighted by atomic mass is 10.1. The molecule has 2 rings (SSSR count). The van der Waals surface area contributed by atoms with E-state index in [1.807, 2.05) is 26.0 Å². The maximum atomic E-state index is 12.1. The molecule has 1 amide bonds. The van der Waals surface area contributed by atoms with E-state index in [9.17, 15) is 4.79 Å². The average Bonchev–Trinajstić information content (AvgIpc) is 2.57. The summed E-state index contributed by atoms with van der Waals surface area (Å²) in [4.78, 5) is 12.1. The van der Waals surface area contributed by atoms with Gasteiger partial charge in [0.25, 0.3) is 5.91 Å². The number of aryl methyl sites for hydroxylation is 1. The highest BCUT2D eigenvalue weighted by molar-refractivity contribution is 14.1. The number of nitrogens with zero attached hydrogens (tertiary/aromatic N) is 1. The molecule has 25 heavy (non-hydrogen) atoms. The first-order valence-corrected chi connectivity index (χ1v) is 9.01. The summed E-state index contributed by atoms with van der Waals surface area (Å²) in [5.74, 6) is 0.985. The van der Waals surface area contributed by atoms with Gasteiger partial charge in [0, 0.05) is 10.6 Å². The molecule has 2 aromatic carbocycles. The van der Waals surface area contributed by atoms with Crippen LogP contribution in [-0.4, -0.2) is 25.8 Å². The molecule has 0 aromatic heterocycles. The van der Waals surface area contributed by atoms with E-state index in [4.69, 9.17) is 21.1 Å². The highest BCUT2D eigenvalue weighted by atomic mass is 127. The van der Waals surface area contributed by atoms with E-state index < -0.39 is 0 Å². The number of carbonyl (C=O) groups excluding carboxylic acids is 1. The Hall–Kier alpha value is -1.80. The molecule has 2 aromatic rings. The second-order valence-corrected chi connectivity index (χ2v) is 6.70. The molecular weight excluding hydrogens is 455 g/mol. The van der Waals surface area contributed by atoms with Crippen molar-refractivity contribution in [2.45, 2.75) is 13.8 Å². The molecule has 0 aliphatic heterocycles. The Morgan fingerprint density at radius 1 is 1.36 bits per heavy atom. The van der Waals surface area contributed by atoms with Crippen LogP contribution in [0, 0.1) is 10.5 Å². The predicted molar refractivity (Wildman–Crippen MR) is 108 cm³/mol. The van der Waals surface area contributed by atoms with Crippen molar-refractivity contribution in [2.75, 3.05) is 13.7 Å². The Bertz CT molecular complexity index is 809. The van der Waals surface area contributed by atoms with Gasteiger partial charge in [-0.2, -0.15) is 5.10 Å². The lowest BCUT2D eigenvalue weighted by Crippen LogP contribution is -2.17. The van der Waals surface area contributed by atoms with Crippen LogP contribution in [0.25, 0.3) is 0 Å². The number of carbonyl (C=O) groups is 1. The van der Waals surface area contributed by atoms with Gasteiger partial charge < -0.3 is 9.47 Å². The number of halogens is 2. The van der Waals surface area contributed by atoms with Gasteiger partial charge in [-0.3, -0.25) is 4.79 Å². The molecular formula is C18H18ClIN2O3. The summed E-state index contributed by atoms with van der Waals surface area (Å²) in [5, 5.41) is 4.54. The first-order valence-electron chi connectivity index (χ1n) is 7.56. The Morgan fingerprint density at radius 3 is 2.76 bits per heavy atom. The fraction of sp³-hybridized carbons (Fsp3) is 0.222. The van der Waals surface area contributed by atoms with Crippen molar-refractivity contribution in [1.29, 1.82) is 0 Å². The topological polar surface area (TPSA) is 59.9 Å². The van der Waals surface area contributed by atoms with E-state index >= 15 is 0 Å². The van der Waals surface area contributed by atoms with Gasteiger partial charge in [-0.05, 0) is 71.8 Å². The van der Waals surface area contributed by atoms with Gasteiger partial charge in [0.2, 0.25) is 0 Å². The van der Waals surface area contributed by atoms with E-state index in [1.165, 1.54) is 0 Å². The molecule has 1 N–H and O–H groups in total. The summed E-state index contributed by atoms with van der Waals surface area (Å²) in [6, 6.07) is 8.81. The van der Waals surface area contributed by atoms with Crippen molar-refractivity contribution in [1.82, 2.24) is 5.43 Å². The van der Waals surface area contributed by atoms with Gasteiger partial charge in [0.15, 0.2) is 11.5 Å². The smallest absolute Gasteiger partial charge is 0.271 e. The molecule has 5 nitrogen and oxygen atoms in total. The zero-order chi connectivity index (χ0) is 18.4. The minimum absolute atomic E-state index is 0.327. The van der Waals surface area contributed by atoms with Crippen molar-refractivity contribution in [3.63, 3.8) is 0 Å². The average molecular weight is 473 g/mol. The van der Waals surface area contributed by atoms with Crippen LogP contribution in [0.4, 0.5) is 0 Å². The Balaban J connectivity index is 2.13. The van der Waals surface area contributed by atoms with Gasteiger partial charge >= 0.3 is 0 Å². The van der Waals surface area contributed by atoms with Crippen LogP contribution < -0.4 is 14.9 Å². The van der Waals surface area contributed by atoms with Crippen molar-refractivity contribution in [3.8, 4) is 11.5 Å². The van der Waals surface area contributed by atoms with Crippen LogP contribution in [0.15, 0.2) is 35.4 Å². The van der Waals surface area contributed by atoms with E-state index in [-0.39, 0.29) is 5.91 Å². The van der Waals surface area contributed by atoms with Gasteiger partial charge in [-0.25, -0.2) is 5.43 Å². The Kier molecular flexibility index (Phi) is 7.07. The van der Waals surface area contributed by atoms with Crippen LogP contribution in [0.3, 0.4) is 0 Å². The number of nitrogens with one attached hydrogen (secondary N) is 1. The first-order chi connectivity index (χ1) is 12.0. The monoisotopic (exact) mass is 472 g/mol. The van der Waals surface area contributed by atoms with Gasteiger partial charge in [-0.1, -0.05) is 17.7 Å². The fourth-order valence-corrected chi connectivity index (χ4v) is 3.11. The Morgan fingerprint density at radius 2 is 2.12 bits per heavy atom. The normalized spacial score (nSPS) is 10.8. The van der Waals surface area contributed by atoms with E-state index in [0.29, 0.717) is 28.7 Å². The minimum Gasteiger partial charge on any atom is -0.492 e. The summed E-state index contributed by atoms with van der Waals surface area (Å²) < 4.78 is 11.8. The van der Waals surface area contributed by atoms with Crippen LogP contribution in [-0.2, 0) is 0 Å². The third-order valence-corrected chi connectivity index (χ3v) is 4.56. The maximum Gasteiger partial charge on any atom is 0.271 e. The number of amides is 1. The van der Waals surface area contributed by atoms with Crippen molar-refractivity contribution < 1.29 is 14.3 Å². The Labute approximate surface area is 165 Å². The van der Waals surface area contributed by atoms with Gasteiger partial charge in [-0.15, -0.1) is 0 Å². The molecule has 0 aliphatic rings. The highest BCUT2D eigenvalue weighted by Gasteiger charge is 2.10. The molecule has 0 saturated heterocycles. The molecule has 0 unspecified atom stereocenters. The summed E-state index contributed by atoms with van der Waals surface area (Å²) in [6.45, 7) is 4.31. The summed E-state index contributed by atoms with van der Waals surface area (Å²) >= 11 is 8.20. The molecule has 0 bridgehead atoms. The largest absolute Gasteiger partial charge is 0.492 e. The molecule has 132 valence electrons. The summed E-state index contributed by atoms with van der Waals surface area (Å²) in [7, 11) is 1.60. The zero-order valence-electron chi connectivity index (χ0n) is 14.1. The second-order valence-electron chi connectivity index (χ2n) is 5.13. The maximum absolute atomic E-state index is 12.1. The SMILES string of the molecule is CCOc1cc(/C=N\NC(=O)c2ccc(C)c(Cl)c2)cc(I)c1OC. The number of hydrazone groups is 1. The molecule has 0 heterocycles. The first kappa shape index (κ1) is 19.5. The van der Waals surface area contributed by atoms with Crippen LogP contribution in [0.5, 0.6) is 11.5 Å². The molecule has 0 saturated carbocycles. The molecule has 0 radical (unpaired) electrons. The van der Waals surface area contributed by atoms with Gasteiger partial charge in [0.1, 0.15) is 0 Å². The van der Waals surface area contributed by atoms with Crippen molar-refractivity contribution in [2.24, 2.45) is 5.10 Å². The van der Waals surface area contributed by atoms with E-state index in [0.717, 1.165) is 14.7 Å². The predicted octanol–water partition coefficient (Wildman–Crippen LogP) is 4.42. The molecule has 0 spiro atoms. The fourth-order valence-electron chi connectivity index (χ4n) is 2.09. The number of methoxy groups -OCH3 is 1. The number of hydrogen-bond acceptors (Lipinski definition) is 4. The molecule has 0 atom stereocenters. The lowest BCUT2D eigenvalue weighted by molar-refractivity contribution is 0.0955. The second kappa shape index (κ2) is 9.05. The van der Waals surface area contributed by atoms with Crippen LogP contribution >= 0.6 is 34.2 Å². The number of benzene rings is 2. The summed E-state index contributed by atoms with van der Waals surface area (Å²) in [6.07, 6.45) is 1.55. The zero-order valence-corrected chi connectivity index (χ0v) is 17.0.